The van der Waals surface area contributed by atoms with Gasteiger partial charge in [-0.25, -0.2) is 4.39 Å². The van der Waals surface area contributed by atoms with Crippen molar-refractivity contribution in [2.75, 3.05) is 25.0 Å². The summed E-state index contributed by atoms with van der Waals surface area (Å²) in [6.45, 7) is 7.72. The predicted octanol–water partition coefficient (Wildman–Crippen LogP) is 2.60. The lowest BCUT2D eigenvalue weighted by Crippen LogP contribution is -2.32. The Labute approximate surface area is 157 Å². The number of amides is 2. The molecule has 1 aromatic heterocycles. The van der Waals surface area contributed by atoms with Gasteiger partial charge in [0.25, 0.3) is 11.8 Å². The van der Waals surface area contributed by atoms with E-state index in [4.69, 9.17) is 0 Å². The third-order valence-corrected chi connectivity index (χ3v) is 4.59. The topological polar surface area (TPSA) is 86.0 Å². The van der Waals surface area contributed by atoms with E-state index in [0.29, 0.717) is 41.2 Å². The molecule has 0 radical (unpaired) electrons. The molecule has 0 fully saturated rings. The summed E-state index contributed by atoms with van der Waals surface area (Å²) < 4.78 is 13.6. The van der Waals surface area contributed by atoms with Crippen molar-refractivity contribution in [1.82, 2.24) is 15.6 Å². The standard InChI is InChI=1S/C20H23FN4O2/c1-4-22-7-8-23-20(27)18-11(2)17(24-12(18)3)10-15-14-9-13(21)5-6-16(14)25-19(15)26/h5-6,9-10,22,24H,4,7-8H2,1-3H3,(H,23,27)(H,25,26)/b15-10-. The van der Waals surface area contributed by atoms with Crippen LogP contribution < -0.4 is 16.0 Å². The first kappa shape index (κ1) is 18.8. The molecule has 0 saturated carbocycles. The fraction of sp³-hybridized carbons (Fsp3) is 0.300. The number of hydrogen-bond donors (Lipinski definition) is 4. The van der Waals surface area contributed by atoms with Crippen LogP contribution >= 0.6 is 0 Å². The Hall–Kier alpha value is -2.93. The minimum absolute atomic E-state index is 0.161. The number of aryl methyl sites for hydroxylation is 1. The Kier molecular flexibility index (Phi) is 5.41. The van der Waals surface area contributed by atoms with Crippen LogP contribution in [0.2, 0.25) is 0 Å². The molecule has 7 heteroatoms. The van der Waals surface area contributed by atoms with Crippen LogP contribution in [-0.2, 0) is 4.79 Å². The number of nitrogens with one attached hydrogen (secondary N) is 4. The maximum atomic E-state index is 13.6. The number of hydrogen-bond acceptors (Lipinski definition) is 3. The van der Waals surface area contributed by atoms with Crippen molar-refractivity contribution in [3.63, 3.8) is 0 Å². The number of fused-ring (bicyclic) bond motifs is 1. The number of likely N-dealkylation sites (N-methyl/N-ethyl adjacent to an activating group) is 1. The van der Waals surface area contributed by atoms with Gasteiger partial charge in [-0.1, -0.05) is 6.92 Å². The largest absolute Gasteiger partial charge is 0.358 e. The molecule has 1 aromatic carbocycles. The number of aromatic amines is 1. The lowest BCUT2D eigenvalue weighted by Gasteiger charge is -2.06. The maximum absolute atomic E-state index is 13.6. The zero-order valence-electron chi connectivity index (χ0n) is 15.6. The van der Waals surface area contributed by atoms with Gasteiger partial charge in [0.15, 0.2) is 0 Å². The summed E-state index contributed by atoms with van der Waals surface area (Å²) in [5, 5.41) is 8.76. The van der Waals surface area contributed by atoms with Crippen molar-refractivity contribution in [3.8, 4) is 0 Å². The average molecular weight is 370 g/mol. The Morgan fingerprint density at radius 3 is 2.78 bits per heavy atom. The summed E-state index contributed by atoms with van der Waals surface area (Å²) in [6.07, 6.45) is 1.67. The van der Waals surface area contributed by atoms with Gasteiger partial charge in [0.2, 0.25) is 0 Å². The van der Waals surface area contributed by atoms with Crippen molar-refractivity contribution in [2.45, 2.75) is 20.8 Å². The number of carbonyl (C=O) groups is 2. The third-order valence-electron chi connectivity index (χ3n) is 4.59. The van der Waals surface area contributed by atoms with E-state index in [1.165, 1.54) is 12.1 Å². The summed E-state index contributed by atoms with van der Waals surface area (Å²) in [7, 11) is 0. The highest BCUT2D eigenvalue weighted by Crippen LogP contribution is 2.34. The molecule has 2 heterocycles. The van der Waals surface area contributed by atoms with E-state index < -0.39 is 5.82 Å². The molecule has 6 nitrogen and oxygen atoms in total. The normalized spacial score (nSPS) is 14.4. The summed E-state index contributed by atoms with van der Waals surface area (Å²) in [6, 6.07) is 4.18. The van der Waals surface area contributed by atoms with Gasteiger partial charge in [0.05, 0.1) is 11.1 Å². The summed E-state index contributed by atoms with van der Waals surface area (Å²) in [5.74, 6) is -0.860. The van der Waals surface area contributed by atoms with E-state index in [1.807, 2.05) is 20.8 Å². The monoisotopic (exact) mass is 370 g/mol. The molecule has 0 unspecified atom stereocenters. The molecule has 0 aliphatic carbocycles. The highest BCUT2D eigenvalue weighted by molar-refractivity contribution is 6.34. The summed E-state index contributed by atoms with van der Waals surface area (Å²) >= 11 is 0. The lowest BCUT2D eigenvalue weighted by molar-refractivity contribution is -0.110. The second kappa shape index (κ2) is 7.75. The molecule has 142 valence electrons. The average Bonchev–Trinajstić information content (AvgIpc) is 3.08. The van der Waals surface area contributed by atoms with Gasteiger partial charge >= 0.3 is 0 Å². The molecule has 0 spiro atoms. The highest BCUT2D eigenvalue weighted by atomic mass is 19.1. The van der Waals surface area contributed by atoms with Crippen LogP contribution in [0, 0.1) is 19.7 Å². The van der Waals surface area contributed by atoms with E-state index in [0.717, 1.165) is 17.8 Å². The smallest absolute Gasteiger partial charge is 0.256 e. The number of aromatic nitrogens is 1. The Balaban J connectivity index is 1.89. The number of halogens is 1. The van der Waals surface area contributed by atoms with Crippen LogP contribution in [0.1, 0.15) is 39.8 Å². The molecule has 0 atom stereocenters. The summed E-state index contributed by atoms with van der Waals surface area (Å²) in [5.41, 5.74) is 4.16. The van der Waals surface area contributed by atoms with Gasteiger partial charge < -0.3 is 20.9 Å². The molecule has 27 heavy (non-hydrogen) atoms. The zero-order chi connectivity index (χ0) is 19.6. The molecule has 3 rings (SSSR count). The predicted molar refractivity (Wildman–Crippen MR) is 104 cm³/mol. The van der Waals surface area contributed by atoms with Crippen LogP contribution in [-0.4, -0.2) is 36.4 Å². The Morgan fingerprint density at radius 1 is 1.26 bits per heavy atom. The minimum atomic E-state index is -0.406. The molecule has 0 saturated heterocycles. The molecular formula is C20H23FN4O2. The second-order valence-corrected chi connectivity index (χ2v) is 6.48. The first-order chi connectivity index (χ1) is 12.9. The molecule has 0 bridgehead atoms. The van der Waals surface area contributed by atoms with Crippen molar-refractivity contribution < 1.29 is 14.0 Å². The third kappa shape index (κ3) is 3.78. The maximum Gasteiger partial charge on any atom is 0.256 e. The molecule has 4 N–H and O–H groups in total. The molecule has 2 amide bonds. The van der Waals surface area contributed by atoms with Gasteiger partial charge in [-0.3, -0.25) is 9.59 Å². The van der Waals surface area contributed by atoms with Crippen LogP contribution in [0.4, 0.5) is 10.1 Å². The second-order valence-electron chi connectivity index (χ2n) is 6.48. The molecule has 1 aliphatic rings. The first-order valence-corrected chi connectivity index (χ1v) is 8.93. The van der Waals surface area contributed by atoms with E-state index >= 15 is 0 Å². The number of H-pyrrole nitrogens is 1. The van der Waals surface area contributed by atoms with Crippen molar-refractivity contribution in [1.29, 1.82) is 0 Å². The lowest BCUT2D eigenvalue weighted by atomic mass is 10.0. The van der Waals surface area contributed by atoms with Crippen molar-refractivity contribution in [2.24, 2.45) is 0 Å². The fourth-order valence-corrected chi connectivity index (χ4v) is 3.24. The summed E-state index contributed by atoms with van der Waals surface area (Å²) in [4.78, 5) is 27.9. The Morgan fingerprint density at radius 2 is 2.04 bits per heavy atom. The quantitative estimate of drug-likeness (QED) is 0.466. The van der Waals surface area contributed by atoms with Crippen LogP contribution in [0.3, 0.4) is 0 Å². The van der Waals surface area contributed by atoms with Gasteiger partial charge in [-0.2, -0.15) is 0 Å². The van der Waals surface area contributed by atoms with Gasteiger partial charge in [0, 0.05) is 35.7 Å². The number of rotatable bonds is 6. The van der Waals surface area contributed by atoms with E-state index in [1.54, 1.807) is 12.1 Å². The van der Waals surface area contributed by atoms with Crippen LogP contribution in [0.15, 0.2) is 18.2 Å². The van der Waals surface area contributed by atoms with Gasteiger partial charge in [-0.05, 0) is 50.2 Å². The molecule has 2 aromatic rings. The molecule has 1 aliphatic heterocycles. The first-order valence-electron chi connectivity index (χ1n) is 8.93. The fourth-order valence-electron chi connectivity index (χ4n) is 3.24. The van der Waals surface area contributed by atoms with E-state index in [-0.39, 0.29) is 11.8 Å². The minimum Gasteiger partial charge on any atom is -0.358 e. The van der Waals surface area contributed by atoms with Crippen molar-refractivity contribution >= 4 is 29.2 Å². The van der Waals surface area contributed by atoms with Gasteiger partial charge in [-0.15, -0.1) is 0 Å². The van der Waals surface area contributed by atoms with E-state index in [2.05, 4.69) is 20.9 Å². The molecular weight excluding hydrogens is 347 g/mol. The highest BCUT2D eigenvalue weighted by Gasteiger charge is 2.26. The van der Waals surface area contributed by atoms with Crippen LogP contribution in [0.5, 0.6) is 0 Å². The van der Waals surface area contributed by atoms with Crippen molar-refractivity contribution in [3.05, 3.63) is 52.1 Å². The zero-order valence-corrected chi connectivity index (χ0v) is 15.6. The SMILES string of the molecule is CCNCCNC(=O)c1c(C)[nH]c(/C=C2\C(=O)Nc3ccc(F)cc32)c1C. The number of anilines is 1. The number of carbonyl (C=O) groups excluding carboxylic acids is 2. The van der Waals surface area contributed by atoms with Crippen LogP contribution in [0.25, 0.3) is 11.6 Å². The number of benzene rings is 1. The van der Waals surface area contributed by atoms with Gasteiger partial charge in [0.1, 0.15) is 5.82 Å². The van der Waals surface area contributed by atoms with E-state index in [9.17, 15) is 14.0 Å². The Bertz CT molecular complexity index is 930.